The molecule has 0 radical (unpaired) electrons. The van der Waals surface area contributed by atoms with Crippen LogP contribution in [0.2, 0.25) is 5.02 Å². The van der Waals surface area contributed by atoms with E-state index >= 15 is 0 Å². The van der Waals surface area contributed by atoms with E-state index < -0.39 is 9.05 Å². The maximum absolute atomic E-state index is 11.5. The van der Waals surface area contributed by atoms with Crippen molar-refractivity contribution in [2.75, 3.05) is 6.61 Å². The highest BCUT2D eigenvalue weighted by atomic mass is 35.7. The van der Waals surface area contributed by atoms with Gasteiger partial charge >= 0.3 is 0 Å². The number of benzene rings is 2. The van der Waals surface area contributed by atoms with Gasteiger partial charge in [0.15, 0.2) is 0 Å². The molecule has 106 valence electrons. The second-order valence-corrected chi connectivity index (χ2v) is 7.08. The smallest absolute Gasteiger partial charge is 0.265 e. The Bertz CT molecular complexity index is 685. The van der Waals surface area contributed by atoms with Gasteiger partial charge in [-0.3, -0.25) is 0 Å². The van der Waals surface area contributed by atoms with Crippen LogP contribution in [0.25, 0.3) is 0 Å². The van der Waals surface area contributed by atoms with Gasteiger partial charge in [-0.25, -0.2) is 8.42 Å². The van der Waals surface area contributed by atoms with Crippen molar-refractivity contribution >= 4 is 31.3 Å². The summed E-state index contributed by atoms with van der Waals surface area (Å²) in [5, 5.41) is 0.291. The van der Waals surface area contributed by atoms with E-state index in [1.807, 2.05) is 30.3 Å². The Balaban J connectivity index is 2.10. The van der Waals surface area contributed by atoms with Gasteiger partial charge in [-0.2, -0.15) is 0 Å². The van der Waals surface area contributed by atoms with Gasteiger partial charge in [-0.05, 0) is 23.8 Å². The van der Waals surface area contributed by atoms with Crippen molar-refractivity contribution in [3.63, 3.8) is 0 Å². The van der Waals surface area contributed by atoms with E-state index in [0.29, 0.717) is 18.1 Å². The molecule has 0 saturated heterocycles. The highest BCUT2D eigenvalue weighted by Gasteiger charge is 2.17. The molecule has 3 nitrogen and oxygen atoms in total. The molecule has 0 saturated carbocycles. The van der Waals surface area contributed by atoms with Gasteiger partial charge < -0.3 is 4.74 Å². The number of rotatable bonds is 5. The minimum Gasteiger partial charge on any atom is -0.492 e. The summed E-state index contributed by atoms with van der Waals surface area (Å²) in [7, 11) is 1.48. The lowest BCUT2D eigenvalue weighted by atomic mass is 10.2. The topological polar surface area (TPSA) is 43.4 Å². The van der Waals surface area contributed by atoms with Crippen LogP contribution < -0.4 is 4.74 Å². The molecule has 0 N–H and O–H groups in total. The molecule has 0 unspecified atom stereocenters. The van der Waals surface area contributed by atoms with Gasteiger partial charge in [0.1, 0.15) is 10.6 Å². The summed E-state index contributed by atoms with van der Waals surface area (Å²) in [5.41, 5.74) is 1.11. The minimum atomic E-state index is -3.89. The fourth-order valence-electron chi connectivity index (χ4n) is 1.72. The van der Waals surface area contributed by atoms with Crippen molar-refractivity contribution in [2.45, 2.75) is 11.3 Å². The molecule has 0 aliphatic rings. The van der Waals surface area contributed by atoms with Crippen LogP contribution >= 0.6 is 22.3 Å². The fourth-order valence-corrected chi connectivity index (χ4v) is 2.95. The molecule has 2 aromatic carbocycles. The van der Waals surface area contributed by atoms with Crippen molar-refractivity contribution in [1.82, 2.24) is 0 Å². The summed E-state index contributed by atoms with van der Waals surface area (Å²) in [6, 6.07) is 14.1. The van der Waals surface area contributed by atoms with Crippen LogP contribution in [0, 0.1) is 0 Å². The van der Waals surface area contributed by atoms with E-state index in [1.54, 1.807) is 6.07 Å². The highest BCUT2D eigenvalue weighted by Crippen LogP contribution is 2.29. The van der Waals surface area contributed by atoms with E-state index in [1.165, 1.54) is 12.1 Å². The predicted molar refractivity (Wildman–Crippen MR) is 80.1 cm³/mol. The maximum Gasteiger partial charge on any atom is 0.265 e. The number of halogens is 2. The average molecular weight is 331 g/mol. The molecule has 2 rings (SSSR count). The summed E-state index contributed by atoms with van der Waals surface area (Å²) in [4.78, 5) is -0.111. The third-order valence-corrected chi connectivity index (χ3v) is 4.24. The van der Waals surface area contributed by atoms with Crippen LogP contribution in [0.15, 0.2) is 53.4 Å². The first-order valence-corrected chi connectivity index (χ1v) is 8.56. The summed E-state index contributed by atoms with van der Waals surface area (Å²) < 4.78 is 28.4. The first kappa shape index (κ1) is 15.2. The van der Waals surface area contributed by atoms with Crippen LogP contribution in [0.4, 0.5) is 0 Å². The second-order valence-electron chi connectivity index (χ2n) is 4.11. The van der Waals surface area contributed by atoms with E-state index in [-0.39, 0.29) is 10.6 Å². The Morgan fingerprint density at radius 3 is 2.40 bits per heavy atom. The predicted octanol–water partition coefficient (Wildman–Crippen LogP) is 3.89. The van der Waals surface area contributed by atoms with Gasteiger partial charge in [0.05, 0.1) is 6.61 Å². The van der Waals surface area contributed by atoms with Crippen molar-refractivity contribution in [3.8, 4) is 5.75 Å². The fraction of sp³-hybridized carbons (Fsp3) is 0.143. The molecule has 0 amide bonds. The normalized spacial score (nSPS) is 11.3. The lowest BCUT2D eigenvalue weighted by Gasteiger charge is -2.10. The van der Waals surface area contributed by atoms with E-state index in [2.05, 4.69) is 0 Å². The summed E-state index contributed by atoms with van der Waals surface area (Å²) >= 11 is 5.77. The zero-order chi connectivity index (χ0) is 14.6. The molecule has 0 aliphatic heterocycles. The maximum atomic E-state index is 11.5. The molecular formula is C14H12Cl2O3S. The largest absolute Gasteiger partial charge is 0.492 e. The molecule has 0 atom stereocenters. The highest BCUT2D eigenvalue weighted by molar-refractivity contribution is 8.13. The summed E-state index contributed by atoms with van der Waals surface area (Å²) in [6.45, 7) is 0.352. The Morgan fingerprint density at radius 2 is 1.75 bits per heavy atom. The van der Waals surface area contributed by atoms with E-state index in [0.717, 1.165) is 5.56 Å². The molecule has 0 aromatic heterocycles. The van der Waals surface area contributed by atoms with Crippen molar-refractivity contribution < 1.29 is 13.2 Å². The first-order chi connectivity index (χ1) is 9.47. The zero-order valence-electron chi connectivity index (χ0n) is 10.4. The molecule has 6 heteroatoms. The van der Waals surface area contributed by atoms with Gasteiger partial charge in [0, 0.05) is 22.1 Å². The Kier molecular flexibility index (Phi) is 4.91. The number of hydrogen-bond acceptors (Lipinski definition) is 3. The molecule has 0 heterocycles. The standard InChI is InChI=1S/C14H12Cl2O3S/c15-12-6-7-13(14(10-12)20(16,17)18)19-9-8-11-4-2-1-3-5-11/h1-7,10H,8-9H2. The molecule has 20 heavy (non-hydrogen) atoms. The van der Waals surface area contributed by atoms with Gasteiger partial charge in [0.25, 0.3) is 9.05 Å². The van der Waals surface area contributed by atoms with Gasteiger partial charge in [-0.1, -0.05) is 41.9 Å². The van der Waals surface area contributed by atoms with Crippen molar-refractivity contribution in [3.05, 3.63) is 59.1 Å². The SMILES string of the molecule is O=S(=O)(Cl)c1cc(Cl)ccc1OCCc1ccccc1. The van der Waals surface area contributed by atoms with Crippen LogP contribution in [-0.2, 0) is 15.5 Å². The quantitative estimate of drug-likeness (QED) is 0.781. The van der Waals surface area contributed by atoms with Crippen LogP contribution in [0.1, 0.15) is 5.56 Å². The van der Waals surface area contributed by atoms with E-state index in [9.17, 15) is 8.42 Å². The molecule has 0 spiro atoms. The lowest BCUT2D eigenvalue weighted by Crippen LogP contribution is -2.04. The Hall–Kier alpha value is -1.23. The third kappa shape index (κ3) is 4.13. The summed E-state index contributed by atoms with van der Waals surface area (Å²) in [6.07, 6.45) is 0.672. The first-order valence-electron chi connectivity index (χ1n) is 5.88. The molecular weight excluding hydrogens is 319 g/mol. The Morgan fingerprint density at radius 1 is 1.05 bits per heavy atom. The van der Waals surface area contributed by atoms with Crippen LogP contribution in [-0.4, -0.2) is 15.0 Å². The number of ether oxygens (including phenoxy) is 1. The molecule has 0 fully saturated rings. The Labute approximate surface area is 127 Å². The summed E-state index contributed by atoms with van der Waals surface area (Å²) in [5.74, 6) is 0.209. The zero-order valence-corrected chi connectivity index (χ0v) is 12.8. The molecule has 0 bridgehead atoms. The van der Waals surface area contributed by atoms with Crippen LogP contribution in [0.3, 0.4) is 0 Å². The van der Waals surface area contributed by atoms with E-state index in [4.69, 9.17) is 27.0 Å². The molecule has 2 aromatic rings. The molecule has 0 aliphatic carbocycles. The number of hydrogen-bond donors (Lipinski definition) is 0. The van der Waals surface area contributed by atoms with Gasteiger partial charge in [0.2, 0.25) is 0 Å². The monoisotopic (exact) mass is 330 g/mol. The minimum absolute atomic E-state index is 0.111. The second kappa shape index (κ2) is 6.48. The van der Waals surface area contributed by atoms with Crippen molar-refractivity contribution in [2.24, 2.45) is 0 Å². The van der Waals surface area contributed by atoms with Crippen LogP contribution in [0.5, 0.6) is 5.75 Å². The lowest BCUT2D eigenvalue weighted by molar-refractivity contribution is 0.314. The average Bonchev–Trinajstić information content (AvgIpc) is 2.40. The van der Waals surface area contributed by atoms with Crippen molar-refractivity contribution in [1.29, 1.82) is 0 Å². The van der Waals surface area contributed by atoms with Gasteiger partial charge in [-0.15, -0.1) is 0 Å². The third-order valence-electron chi connectivity index (χ3n) is 2.66.